The van der Waals surface area contributed by atoms with Gasteiger partial charge in [-0.25, -0.2) is 8.78 Å². The molecule has 4 rings (SSSR count). The van der Waals surface area contributed by atoms with E-state index in [1.807, 2.05) is 47.4 Å². The minimum absolute atomic E-state index is 0.0573. The highest BCUT2D eigenvalue weighted by molar-refractivity contribution is 5.90. The van der Waals surface area contributed by atoms with Gasteiger partial charge in [-0.2, -0.15) is 0 Å². The fourth-order valence-corrected chi connectivity index (χ4v) is 3.69. The fraction of sp³-hybridized carbons (Fsp3) is 0.261. The summed E-state index contributed by atoms with van der Waals surface area (Å²) in [6.07, 6.45) is 1.43. The lowest BCUT2D eigenvalue weighted by atomic mass is 10.0. The van der Waals surface area contributed by atoms with E-state index in [4.69, 9.17) is 4.74 Å². The number of amides is 1. The predicted octanol–water partition coefficient (Wildman–Crippen LogP) is 4.73. The molecule has 1 aliphatic rings. The molecule has 0 radical (unpaired) electrons. The minimum atomic E-state index is -0.700. The van der Waals surface area contributed by atoms with Gasteiger partial charge in [0.1, 0.15) is 11.9 Å². The smallest absolute Gasteiger partial charge is 0.227 e. The summed E-state index contributed by atoms with van der Waals surface area (Å²) in [6.45, 7) is 1.13. The van der Waals surface area contributed by atoms with E-state index in [-0.39, 0.29) is 17.8 Å². The van der Waals surface area contributed by atoms with Crippen LogP contribution in [0.4, 0.5) is 8.78 Å². The Balaban J connectivity index is 1.36. The number of halogens is 2. The first-order valence-corrected chi connectivity index (χ1v) is 9.46. The molecule has 0 aromatic heterocycles. The number of likely N-dealkylation sites (tertiary alicyclic amines) is 1. The Labute approximate surface area is 162 Å². The first-order valence-electron chi connectivity index (χ1n) is 9.46. The fourth-order valence-electron chi connectivity index (χ4n) is 3.69. The summed E-state index contributed by atoms with van der Waals surface area (Å²) >= 11 is 0. The van der Waals surface area contributed by atoms with Crippen molar-refractivity contribution in [3.63, 3.8) is 0 Å². The molecule has 0 unspecified atom stereocenters. The van der Waals surface area contributed by atoms with Crippen molar-refractivity contribution >= 4 is 16.7 Å². The van der Waals surface area contributed by atoms with Crippen LogP contribution in [0.5, 0.6) is 5.75 Å². The molecule has 1 heterocycles. The number of hydrogen-bond donors (Lipinski definition) is 0. The van der Waals surface area contributed by atoms with Gasteiger partial charge >= 0.3 is 0 Å². The van der Waals surface area contributed by atoms with Crippen LogP contribution in [0.1, 0.15) is 18.4 Å². The van der Waals surface area contributed by atoms with E-state index < -0.39 is 11.6 Å². The third-order valence-electron chi connectivity index (χ3n) is 5.20. The number of benzene rings is 3. The van der Waals surface area contributed by atoms with Crippen LogP contribution in [0.15, 0.2) is 60.7 Å². The van der Waals surface area contributed by atoms with Crippen LogP contribution in [0.25, 0.3) is 10.8 Å². The molecule has 0 saturated carbocycles. The molecule has 28 heavy (non-hydrogen) atoms. The van der Waals surface area contributed by atoms with Gasteiger partial charge in [-0.15, -0.1) is 0 Å². The zero-order valence-corrected chi connectivity index (χ0v) is 15.4. The predicted molar refractivity (Wildman–Crippen MR) is 104 cm³/mol. The van der Waals surface area contributed by atoms with Gasteiger partial charge in [0.15, 0.2) is 11.6 Å². The molecule has 1 saturated heterocycles. The highest BCUT2D eigenvalue weighted by Crippen LogP contribution is 2.24. The number of rotatable bonds is 4. The minimum Gasteiger partial charge on any atom is -0.487 e. The van der Waals surface area contributed by atoms with E-state index in [0.717, 1.165) is 22.4 Å². The Kier molecular flexibility index (Phi) is 5.24. The second-order valence-electron chi connectivity index (χ2n) is 7.09. The van der Waals surface area contributed by atoms with Crippen molar-refractivity contribution in [2.45, 2.75) is 25.4 Å². The quantitative estimate of drug-likeness (QED) is 0.654. The van der Waals surface area contributed by atoms with E-state index in [9.17, 15) is 13.6 Å². The molecule has 1 amide bonds. The zero-order chi connectivity index (χ0) is 19.5. The second kappa shape index (κ2) is 7.97. The Morgan fingerprint density at radius 1 is 1.00 bits per heavy atom. The average Bonchev–Trinajstić information content (AvgIpc) is 2.71. The van der Waals surface area contributed by atoms with Crippen LogP contribution < -0.4 is 4.74 Å². The van der Waals surface area contributed by atoms with Gasteiger partial charge in [0.05, 0.1) is 6.42 Å². The summed E-state index contributed by atoms with van der Waals surface area (Å²) in [5, 5.41) is 2.23. The topological polar surface area (TPSA) is 29.5 Å². The number of hydrogen-bond acceptors (Lipinski definition) is 2. The van der Waals surface area contributed by atoms with Crippen LogP contribution in [-0.2, 0) is 11.2 Å². The Hall–Kier alpha value is -2.95. The number of carbonyl (C=O) groups is 1. The molecule has 1 aliphatic heterocycles. The van der Waals surface area contributed by atoms with Crippen LogP contribution in [-0.4, -0.2) is 30.0 Å². The maximum atomic E-state index is 13.8. The number of carbonyl (C=O) groups excluding carboxylic acids is 1. The molecule has 0 N–H and O–H groups in total. The van der Waals surface area contributed by atoms with Gasteiger partial charge < -0.3 is 9.64 Å². The molecule has 0 spiro atoms. The summed E-state index contributed by atoms with van der Waals surface area (Å²) in [7, 11) is 0. The highest BCUT2D eigenvalue weighted by Gasteiger charge is 2.25. The lowest BCUT2D eigenvalue weighted by molar-refractivity contribution is -0.132. The Bertz CT molecular complexity index is 992. The van der Waals surface area contributed by atoms with Crippen molar-refractivity contribution in [3.8, 4) is 5.75 Å². The van der Waals surface area contributed by atoms with Crippen molar-refractivity contribution in [1.82, 2.24) is 4.90 Å². The Morgan fingerprint density at radius 3 is 2.54 bits per heavy atom. The third kappa shape index (κ3) is 3.98. The SMILES string of the molecule is O=C(Cc1cccc2ccccc12)N1CCC(Oc2ccc(F)cc2F)CC1. The van der Waals surface area contributed by atoms with Crippen LogP contribution >= 0.6 is 0 Å². The maximum absolute atomic E-state index is 13.8. The molecule has 0 bridgehead atoms. The average molecular weight is 381 g/mol. The van der Waals surface area contributed by atoms with Gasteiger partial charge in [0, 0.05) is 32.0 Å². The van der Waals surface area contributed by atoms with Crippen LogP contribution in [0, 0.1) is 11.6 Å². The molecule has 144 valence electrons. The summed E-state index contributed by atoms with van der Waals surface area (Å²) in [6, 6.07) is 17.4. The molecule has 0 atom stereocenters. The van der Waals surface area contributed by atoms with Gasteiger partial charge in [0.25, 0.3) is 0 Å². The van der Waals surface area contributed by atoms with Gasteiger partial charge in [0.2, 0.25) is 5.91 Å². The van der Waals surface area contributed by atoms with E-state index in [2.05, 4.69) is 0 Å². The van der Waals surface area contributed by atoms with Crippen molar-refractivity contribution in [2.75, 3.05) is 13.1 Å². The number of fused-ring (bicyclic) bond motifs is 1. The molecular formula is C23H21F2NO2. The lowest BCUT2D eigenvalue weighted by Crippen LogP contribution is -2.42. The van der Waals surface area contributed by atoms with Gasteiger partial charge in [-0.05, 0) is 28.5 Å². The summed E-state index contributed by atoms with van der Waals surface area (Å²) in [5.74, 6) is -1.18. The van der Waals surface area contributed by atoms with Crippen molar-refractivity contribution in [3.05, 3.63) is 77.9 Å². The van der Waals surface area contributed by atoms with E-state index >= 15 is 0 Å². The normalized spacial score (nSPS) is 15.0. The van der Waals surface area contributed by atoms with Crippen LogP contribution in [0.2, 0.25) is 0 Å². The molecule has 3 aromatic rings. The van der Waals surface area contributed by atoms with E-state index in [1.165, 1.54) is 12.1 Å². The first kappa shape index (κ1) is 18.4. The first-order chi connectivity index (χ1) is 13.6. The summed E-state index contributed by atoms with van der Waals surface area (Å²) in [5.41, 5.74) is 1.02. The molecule has 1 fully saturated rings. The molecule has 3 aromatic carbocycles. The maximum Gasteiger partial charge on any atom is 0.227 e. The molecule has 3 nitrogen and oxygen atoms in total. The van der Waals surface area contributed by atoms with Gasteiger partial charge in [-0.3, -0.25) is 4.79 Å². The number of piperidine rings is 1. The monoisotopic (exact) mass is 381 g/mol. The molecule has 0 aliphatic carbocycles. The Morgan fingerprint density at radius 2 is 1.75 bits per heavy atom. The summed E-state index contributed by atoms with van der Waals surface area (Å²) in [4.78, 5) is 14.6. The van der Waals surface area contributed by atoms with E-state index in [1.54, 1.807) is 0 Å². The zero-order valence-electron chi connectivity index (χ0n) is 15.4. The lowest BCUT2D eigenvalue weighted by Gasteiger charge is -2.32. The number of ether oxygens (including phenoxy) is 1. The van der Waals surface area contributed by atoms with Crippen molar-refractivity contribution < 1.29 is 18.3 Å². The summed E-state index contributed by atoms with van der Waals surface area (Å²) < 4.78 is 32.4. The molecular weight excluding hydrogens is 360 g/mol. The largest absolute Gasteiger partial charge is 0.487 e. The third-order valence-corrected chi connectivity index (χ3v) is 5.20. The van der Waals surface area contributed by atoms with E-state index in [0.29, 0.717) is 32.4 Å². The standard InChI is InChI=1S/C23H21F2NO2/c24-18-8-9-22(21(25)15-18)28-19-10-12-26(13-11-19)23(27)14-17-6-3-5-16-4-1-2-7-20(16)17/h1-9,15,19H,10-14H2. The van der Waals surface area contributed by atoms with Gasteiger partial charge in [-0.1, -0.05) is 42.5 Å². The van der Waals surface area contributed by atoms with Crippen LogP contribution in [0.3, 0.4) is 0 Å². The molecule has 5 heteroatoms. The van der Waals surface area contributed by atoms with Crippen molar-refractivity contribution in [1.29, 1.82) is 0 Å². The second-order valence-corrected chi connectivity index (χ2v) is 7.09. The number of nitrogens with zero attached hydrogens (tertiary/aromatic N) is 1. The van der Waals surface area contributed by atoms with Crippen molar-refractivity contribution in [2.24, 2.45) is 0 Å². The highest BCUT2D eigenvalue weighted by atomic mass is 19.1.